The Balaban J connectivity index is 1.28. The summed E-state index contributed by atoms with van der Waals surface area (Å²) < 4.78 is 82.2. The fraction of sp³-hybridized carbons (Fsp3) is 0.364. The first-order valence-corrected chi connectivity index (χ1v) is 14.5. The van der Waals surface area contributed by atoms with Crippen LogP contribution < -0.4 is 10.6 Å². The molecule has 0 heterocycles. The number of esters is 1. The SMILES string of the molecule is O=C(NC1CCC(C(=O)OCCC(C(=O)NCC(F)(F)F)c2ccccc2)CC1)c1ccccc1-c1ccc(C(F)(F)F)cc1. The molecule has 12 heteroatoms. The number of carbonyl (C=O) groups excluding carboxylic acids is 3. The molecule has 1 aliphatic carbocycles. The Morgan fingerprint density at radius 2 is 1.42 bits per heavy atom. The largest absolute Gasteiger partial charge is 0.465 e. The predicted octanol–water partition coefficient (Wildman–Crippen LogP) is 7.06. The smallest absolute Gasteiger partial charge is 0.416 e. The van der Waals surface area contributed by atoms with Gasteiger partial charge in [0.25, 0.3) is 5.91 Å². The number of alkyl halides is 6. The van der Waals surface area contributed by atoms with Gasteiger partial charge >= 0.3 is 18.3 Å². The van der Waals surface area contributed by atoms with Gasteiger partial charge in [0.15, 0.2) is 0 Å². The highest BCUT2D eigenvalue weighted by Crippen LogP contribution is 2.32. The third-order valence-electron chi connectivity index (χ3n) is 7.72. The van der Waals surface area contributed by atoms with E-state index >= 15 is 0 Å². The van der Waals surface area contributed by atoms with Crippen molar-refractivity contribution in [2.24, 2.45) is 5.92 Å². The number of halogens is 6. The Hall–Kier alpha value is -4.35. The molecule has 1 aliphatic rings. The van der Waals surface area contributed by atoms with Gasteiger partial charge < -0.3 is 15.4 Å². The van der Waals surface area contributed by atoms with Gasteiger partial charge in [0.05, 0.1) is 24.0 Å². The van der Waals surface area contributed by atoms with Crippen LogP contribution in [0.1, 0.15) is 59.5 Å². The Kier molecular flexibility index (Phi) is 10.9. The van der Waals surface area contributed by atoms with Crippen LogP contribution >= 0.6 is 0 Å². The highest BCUT2D eigenvalue weighted by Gasteiger charge is 2.32. The number of rotatable bonds is 10. The van der Waals surface area contributed by atoms with Crippen molar-refractivity contribution in [1.82, 2.24) is 10.6 Å². The Labute approximate surface area is 256 Å². The highest BCUT2D eigenvalue weighted by molar-refractivity contribution is 6.01. The molecular weight excluding hydrogens is 602 g/mol. The van der Waals surface area contributed by atoms with Crippen molar-refractivity contribution in [3.8, 4) is 11.1 Å². The van der Waals surface area contributed by atoms with Crippen LogP contribution in [0.5, 0.6) is 0 Å². The molecule has 0 spiro atoms. The first-order chi connectivity index (χ1) is 21.3. The number of amides is 2. The predicted molar refractivity (Wildman–Crippen MR) is 154 cm³/mol. The van der Waals surface area contributed by atoms with Crippen molar-refractivity contribution in [3.05, 3.63) is 95.6 Å². The Morgan fingerprint density at radius 1 is 0.800 bits per heavy atom. The van der Waals surface area contributed by atoms with Crippen molar-refractivity contribution in [3.63, 3.8) is 0 Å². The van der Waals surface area contributed by atoms with Crippen LogP contribution in [0.25, 0.3) is 11.1 Å². The zero-order valence-corrected chi connectivity index (χ0v) is 24.1. The lowest BCUT2D eigenvalue weighted by molar-refractivity contribution is -0.150. The molecular formula is C33H32F6N2O4. The van der Waals surface area contributed by atoms with Crippen LogP contribution in [-0.4, -0.2) is 43.2 Å². The second kappa shape index (κ2) is 14.6. The van der Waals surface area contributed by atoms with Crippen LogP contribution in [0.3, 0.4) is 0 Å². The molecule has 6 nitrogen and oxygen atoms in total. The number of nitrogens with one attached hydrogen (secondary N) is 2. The van der Waals surface area contributed by atoms with E-state index in [4.69, 9.17) is 4.74 Å². The zero-order valence-electron chi connectivity index (χ0n) is 24.1. The van der Waals surface area contributed by atoms with Gasteiger partial charge in [-0.15, -0.1) is 0 Å². The molecule has 1 atom stereocenters. The second-order valence-corrected chi connectivity index (χ2v) is 10.9. The third kappa shape index (κ3) is 9.57. The van der Waals surface area contributed by atoms with Crippen LogP contribution in [0.15, 0.2) is 78.9 Å². The topological polar surface area (TPSA) is 84.5 Å². The highest BCUT2D eigenvalue weighted by atomic mass is 19.4. The fourth-order valence-electron chi connectivity index (χ4n) is 5.35. The summed E-state index contributed by atoms with van der Waals surface area (Å²) >= 11 is 0. The monoisotopic (exact) mass is 634 g/mol. The number of hydrogen-bond donors (Lipinski definition) is 2. The summed E-state index contributed by atoms with van der Waals surface area (Å²) in [5, 5.41) is 4.85. The molecule has 0 aliphatic heterocycles. The van der Waals surface area contributed by atoms with Crippen LogP contribution in [0.4, 0.5) is 26.3 Å². The molecule has 0 aromatic heterocycles. The van der Waals surface area contributed by atoms with E-state index in [0.29, 0.717) is 47.9 Å². The van der Waals surface area contributed by atoms with E-state index in [1.807, 2.05) is 5.32 Å². The van der Waals surface area contributed by atoms with E-state index in [1.165, 1.54) is 12.1 Å². The molecule has 45 heavy (non-hydrogen) atoms. The molecule has 3 aromatic carbocycles. The fourth-order valence-corrected chi connectivity index (χ4v) is 5.35. The van der Waals surface area contributed by atoms with Gasteiger partial charge in [0.1, 0.15) is 6.54 Å². The van der Waals surface area contributed by atoms with E-state index < -0.39 is 48.2 Å². The maximum atomic E-state index is 13.1. The lowest BCUT2D eigenvalue weighted by Gasteiger charge is -2.28. The van der Waals surface area contributed by atoms with E-state index in [9.17, 15) is 40.7 Å². The van der Waals surface area contributed by atoms with Gasteiger partial charge in [-0.1, -0.05) is 60.7 Å². The first kappa shape index (κ1) is 33.5. The number of ether oxygens (including phenoxy) is 1. The minimum atomic E-state index is -4.56. The van der Waals surface area contributed by atoms with Gasteiger partial charge in [-0.05, 0) is 67.0 Å². The summed E-state index contributed by atoms with van der Waals surface area (Å²) in [5.74, 6) is -3.04. The second-order valence-electron chi connectivity index (χ2n) is 10.9. The first-order valence-electron chi connectivity index (χ1n) is 14.5. The van der Waals surface area contributed by atoms with Gasteiger partial charge in [-0.3, -0.25) is 14.4 Å². The van der Waals surface area contributed by atoms with Gasteiger partial charge in [-0.25, -0.2) is 0 Å². The van der Waals surface area contributed by atoms with Crippen molar-refractivity contribution in [2.75, 3.05) is 13.2 Å². The van der Waals surface area contributed by atoms with Crippen molar-refractivity contribution < 1.29 is 45.5 Å². The van der Waals surface area contributed by atoms with E-state index in [2.05, 4.69) is 5.32 Å². The molecule has 2 amide bonds. The Morgan fingerprint density at radius 3 is 2.04 bits per heavy atom. The molecule has 240 valence electrons. The van der Waals surface area contributed by atoms with E-state index in [-0.39, 0.29) is 25.0 Å². The lowest BCUT2D eigenvalue weighted by atomic mass is 9.86. The van der Waals surface area contributed by atoms with Crippen LogP contribution in [-0.2, 0) is 20.5 Å². The molecule has 0 radical (unpaired) electrons. The van der Waals surface area contributed by atoms with Crippen molar-refractivity contribution in [2.45, 2.75) is 56.4 Å². The quantitative estimate of drug-likeness (QED) is 0.185. The van der Waals surface area contributed by atoms with Gasteiger partial charge in [0, 0.05) is 11.6 Å². The molecule has 1 saturated carbocycles. The molecule has 0 saturated heterocycles. The maximum absolute atomic E-state index is 13.1. The molecule has 1 unspecified atom stereocenters. The molecule has 4 rings (SSSR count). The van der Waals surface area contributed by atoms with Gasteiger partial charge in [-0.2, -0.15) is 26.3 Å². The summed E-state index contributed by atoms with van der Waals surface area (Å²) in [5.41, 5.74) is 0.982. The number of carbonyl (C=O) groups is 3. The van der Waals surface area contributed by atoms with Crippen molar-refractivity contribution >= 4 is 17.8 Å². The standard InChI is InChI=1S/C33H32F6N2O4/c34-32(35,36)20-40-29(42)27(21-6-2-1-3-7-21)18-19-45-31(44)23-12-16-25(17-13-23)41-30(43)28-9-5-4-8-26(28)22-10-14-24(15-11-22)33(37,38)39/h1-11,14-15,23,25,27H,12-13,16-20H2,(H,40,42)(H,41,43). The summed E-state index contributed by atoms with van der Waals surface area (Å²) in [4.78, 5) is 38.4. The third-order valence-corrected chi connectivity index (χ3v) is 7.72. The average molecular weight is 635 g/mol. The minimum absolute atomic E-state index is 0.00316. The van der Waals surface area contributed by atoms with Crippen molar-refractivity contribution in [1.29, 1.82) is 0 Å². The van der Waals surface area contributed by atoms with Crippen LogP contribution in [0, 0.1) is 5.92 Å². The molecule has 1 fully saturated rings. The maximum Gasteiger partial charge on any atom is 0.416 e. The number of hydrogen-bond acceptors (Lipinski definition) is 4. The van der Waals surface area contributed by atoms with E-state index in [0.717, 1.165) is 12.1 Å². The average Bonchev–Trinajstić information content (AvgIpc) is 3.02. The van der Waals surface area contributed by atoms with Crippen LogP contribution in [0.2, 0.25) is 0 Å². The summed E-state index contributed by atoms with van der Waals surface area (Å²) in [6.45, 7) is -1.62. The van der Waals surface area contributed by atoms with E-state index in [1.54, 1.807) is 54.6 Å². The zero-order chi connectivity index (χ0) is 32.6. The normalized spacial score (nSPS) is 17.6. The molecule has 3 aromatic rings. The number of benzene rings is 3. The Bertz CT molecular complexity index is 1450. The summed E-state index contributed by atoms with van der Waals surface area (Å²) in [6.07, 6.45) is -7.19. The minimum Gasteiger partial charge on any atom is -0.465 e. The lowest BCUT2D eigenvalue weighted by Crippen LogP contribution is -2.39. The van der Waals surface area contributed by atoms with Gasteiger partial charge in [0.2, 0.25) is 5.91 Å². The molecule has 0 bridgehead atoms. The summed E-state index contributed by atoms with van der Waals surface area (Å²) in [6, 6.07) is 19.2. The summed E-state index contributed by atoms with van der Waals surface area (Å²) in [7, 11) is 0. The molecule has 2 N–H and O–H groups in total.